The molecule has 1 aromatic rings. The Morgan fingerprint density at radius 2 is 2.36 bits per heavy atom. The van der Waals surface area contributed by atoms with Gasteiger partial charge in [0.1, 0.15) is 5.82 Å². The number of carbonyl (C=O) groups is 1. The van der Waals surface area contributed by atoms with Gasteiger partial charge in [-0.2, -0.15) is 0 Å². The van der Waals surface area contributed by atoms with Crippen LogP contribution in [0.25, 0.3) is 0 Å². The average molecular weight is 196 g/mol. The molecule has 0 saturated heterocycles. The predicted molar refractivity (Wildman–Crippen MR) is 55.5 cm³/mol. The molecule has 0 radical (unpaired) electrons. The molecular weight excluding hydrogens is 180 g/mol. The molecule has 0 aliphatic heterocycles. The van der Waals surface area contributed by atoms with E-state index in [0.29, 0.717) is 0 Å². The second-order valence-corrected chi connectivity index (χ2v) is 3.33. The van der Waals surface area contributed by atoms with Crippen LogP contribution in [0.1, 0.15) is 19.3 Å². The number of aliphatic carboxylic acids is 1. The van der Waals surface area contributed by atoms with E-state index in [9.17, 15) is 4.79 Å². The number of rotatable bonds is 6. The molecule has 0 aliphatic rings. The van der Waals surface area contributed by atoms with Gasteiger partial charge in [0, 0.05) is 26.2 Å². The molecule has 0 aliphatic carbocycles. The van der Waals surface area contributed by atoms with Crippen LogP contribution in [0.15, 0.2) is 18.3 Å². The molecule has 0 atom stereocenters. The maximum Gasteiger partial charge on any atom is 0.303 e. The summed E-state index contributed by atoms with van der Waals surface area (Å²) in [6.45, 7) is 0.883. The van der Waals surface area contributed by atoms with Gasteiger partial charge in [0.05, 0.1) is 0 Å². The zero-order chi connectivity index (χ0) is 10.4. The van der Waals surface area contributed by atoms with Crippen molar-refractivity contribution in [3.05, 3.63) is 18.3 Å². The van der Waals surface area contributed by atoms with E-state index < -0.39 is 5.97 Å². The van der Waals surface area contributed by atoms with Crippen LogP contribution in [-0.2, 0) is 4.79 Å². The lowest BCUT2D eigenvalue weighted by atomic mass is 10.2. The Hall–Kier alpha value is -1.45. The summed E-state index contributed by atoms with van der Waals surface area (Å²) in [5.74, 6) is 0.354. The molecule has 4 nitrogen and oxygen atoms in total. The summed E-state index contributed by atoms with van der Waals surface area (Å²) < 4.78 is 0. The van der Waals surface area contributed by atoms with E-state index in [1.807, 2.05) is 25.4 Å². The van der Waals surface area contributed by atoms with E-state index >= 15 is 0 Å². The number of unbranched alkanes of at least 4 members (excludes halogenated alkanes) is 1. The average Bonchev–Trinajstić information content (AvgIpc) is 2.64. The smallest absolute Gasteiger partial charge is 0.303 e. The van der Waals surface area contributed by atoms with Crippen molar-refractivity contribution in [1.29, 1.82) is 0 Å². The topological polar surface area (TPSA) is 56.3 Å². The van der Waals surface area contributed by atoms with Gasteiger partial charge in [0.15, 0.2) is 0 Å². The summed E-state index contributed by atoms with van der Waals surface area (Å²) in [5.41, 5.74) is 0. The Balaban J connectivity index is 2.16. The Labute approximate surface area is 83.5 Å². The van der Waals surface area contributed by atoms with Crippen molar-refractivity contribution in [3.63, 3.8) is 0 Å². The van der Waals surface area contributed by atoms with E-state index in [-0.39, 0.29) is 6.42 Å². The number of H-pyrrole nitrogens is 1. The second-order valence-electron chi connectivity index (χ2n) is 3.33. The normalized spacial score (nSPS) is 10.1. The van der Waals surface area contributed by atoms with Gasteiger partial charge in [-0.1, -0.05) is 0 Å². The van der Waals surface area contributed by atoms with Crippen molar-refractivity contribution >= 4 is 11.8 Å². The SMILES string of the molecule is CN(CCCCC(=O)O)c1ccc[nH]1. The van der Waals surface area contributed by atoms with Crippen LogP contribution in [0.5, 0.6) is 0 Å². The van der Waals surface area contributed by atoms with Crippen LogP contribution >= 0.6 is 0 Å². The molecule has 14 heavy (non-hydrogen) atoms. The third kappa shape index (κ3) is 3.51. The number of nitrogens with one attached hydrogen (secondary N) is 1. The van der Waals surface area contributed by atoms with Crippen LogP contribution in [0.2, 0.25) is 0 Å². The van der Waals surface area contributed by atoms with Crippen molar-refractivity contribution < 1.29 is 9.90 Å². The fraction of sp³-hybridized carbons (Fsp3) is 0.500. The minimum atomic E-state index is -0.715. The molecule has 4 heteroatoms. The van der Waals surface area contributed by atoms with Gasteiger partial charge in [-0.15, -0.1) is 0 Å². The van der Waals surface area contributed by atoms with Gasteiger partial charge < -0.3 is 15.0 Å². The highest BCUT2D eigenvalue weighted by Crippen LogP contribution is 2.08. The van der Waals surface area contributed by atoms with Crippen molar-refractivity contribution in [1.82, 2.24) is 4.98 Å². The first-order valence-corrected chi connectivity index (χ1v) is 4.76. The first-order chi connectivity index (χ1) is 6.70. The van der Waals surface area contributed by atoms with Gasteiger partial charge in [-0.25, -0.2) is 0 Å². The number of aromatic amines is 1. The summed E-state index contributed by atoms with van der Waals surface area (Å²) in [6.07, 6.45) is 3.78. The zero-order valence-electron chi connectivity index (χ0n) is 8.36. The van der Waals surface area contributed by atoms with Crippen LogP contribution in [0, 0.1) is 0 Å². The molecule has 1 heterocycles. The Kier molecular flexibility index (Phi) is 4.04. The van der Waals surface area contributed by atoms with Crippen LogP contribution in [0.4, 0.5) is 5.82 Å². The predicted octanol–water partition coefficient (Wildman–Crippen LogP) is 1.71. The lowest BCUT2D eigenvalue weighted by Gasteiger charge is -2.16. The highest BCUT2D eigenvalue weighted by molar-refractivity contribution is 5.66. The zero-order valence-corrected chi connectivity index (χ0v) is 8.36. The van der Waals surface area contributed by atoms with E-state index in [2.05, 4.69) is 9.88 Å². The maximum atomic E-state index is 10.3. The van der Waals surface area contributed by atoms with Crippen molar-refractivity contribution in [2.24, 2.45) is 0 Å². The lowest BCUT2D eigenvalue weighted by Crippen LogP contribution is -2.18. The highest BCUT2D eigenvalue weighted by Gasteiger charge is 2.01. The fourth-order valence-electron chi connectivity index (χ4n) is 1.30. The number of nitrogens with zero attached hydrogens (tertiary/aromatic N) is 1. The number of aromatic nitrogens is 1. The van der Waals surface area contributed by atoms with E-state index in [1.54, 1.807) is 0 Å². The molecule has 2 N–H and O–H groups in total. The maximum absolute atomic E-state index is 10.3. The molecule has 0 fully saturated rings. The van der Waals surface area contributed by atoms with E-state index in [0.717, 1.165) is 25.2 Å². The molecular formula is C10H16N2O2. The van der Waals surface area contributed by atoms with E-state index in [4.69, 9.17) is 5.11 Å². The molecule has 0 amide bonds. The molecule has 1 rings (SSSR count). The van der Waals surface area contributed by atoms with Crippen molar-refractivity contribution in [3.8, 4) is 0 Å². The Morgan fingerprint density at radius 3 is 2.93 bits per heavy atom. The monoisotopic (exact) mass is 196 g/mol. The van der Waals surface area contributed by atoms with Crippen molar-refractivity contribution in [2.75, 3.05) is 18.5 Å². The summed E-state index contributed by atoms with van der Waals surface area (Å²) in [5, 5.41) is 8.44. The first-order valence-electron chi connectivity index (χ1n) is 4.76. The molecule has 0 spiro atoms. The number of anilines is 1. The molecule has 0 bridgehead atoms. The number of hydrogen-bond acceptors (Lipinski definition) is 2. The van der Waals surface area contributed by atoms with Gasteiger partial charge >= 0.3 is 5.97 Å². The summed E-state index contributed by atoms with van der Waals surface area (Å²) in [4.78, 5) is 15.4. The van der Waals surface area contributed by atoms with Crippen LogP contribution in [-0.4, -0.2) is 29.7 Å². The summed E-state index contributed by atoms with van der Waals surface area (Å²) >= 11 is 0. The van der Waals surface area contributed by atoms with Crippen LogP contribution < -0.4 is 4.90 Å². The largest absolute Gasteiger partial charge is 0.481 e. The highest BCUT2D eigenvalue weighted by atomic mass is 16.4. The minimum Gasteiger partial charge on any atom is -0.481 e. The molecule has 0 aromatic carbocycles. The second kappa shape index (κ2) is 5.32. The third-order valence-electron chi connectivity index (χ3n) is 2.13. The fourth-order valence-corrected chi connectivity index (χ4v) is 1.30. The van der Waals surface area contributed by atoms with Gasteiger partial charge in [0.25, 0.3) is 0 Å². The molecule has 1 aromatic heterocycles. The Morgan fingerprint density at radius 1 is 1.57 bits per heavy atom. The summed E-state index contributed by atoms with van der Waals surface area (Å²) in [7, 11) is 1.99. The molecule has 0 saturated carbocycles. The summed E-state index contributed by atoms with van der Waals surface area (Å²) in [6, 6.07) is 3.94. The third-order valence-corrected chi connectivity index (χ3v) is 2.13. The van der Waals surface area contributed by atoms with Crippen molar-refractivity contribution in [2.45, 2.75) is 19.3 Å². The number of hydrogen-bond donors (Lipinski definition) is 2. The quantitative estimate of drug-likeness (QED) is 0.681. The molecule has 0 unspecified atom stereocenters. The van der Waals surface area contributed by atoms with Gasteiger partial charge in [-0.3, -0.25) is 4.79 Å². The standard InChI is InChI=1S/C10H16N2O2/c1-12(9-5-4-7-11-9)8-3-2-6-10(13)14/h4-5,7,11H,2-3,6,8H2,1H3,(H,13,14). The van der Waals surface area contributed by atoms with Gasteiger partial charge in [0.2, 0.25) is 0 Å². The molecule has 78 valence electrons. The van der Waals surface area contributed by atoms with E-state index in [1.165, 1.54) is 0 Å². The van der Waals surface area contributed by atoms with Gasteiger partial charge in [-0.05, 0) is 25.0 Å². The Bertz CT molecular complexity index is 270. The first kappa shape index (κ1) is 10.6. The minimum absolute atomic E-state index is 0.262. The number of carboxylic acid groups (broad SMARTS) is 1. The van der Waals surface area contributed by atoms with Crippen LogP contribution in [0.3, 0.4) is 0 Å². The number of carboxylic acids is 1. The lowest BCUT2D eigenvalue weighted by molar-refractivity contribution is -0.137.